The van der Waals surface area contributed by atoms with E-state index in [-0.39, 0.29) is 13.2 Å². The predicted octanol–water partition coefficient (Wildman–Crippen LogP) is 1.42. The normalized spacial score (nSPS) is 12.2. The Morgan fingerprint density at radius 3 is 1.95 bits per heavy atom. The second-order valence-corrected chi connectivity index (χ2v) is 4.41. The van der Waals surface area contributed by atoms with E-state index in [2.05, 4.69) is 0 Å². The summed E-state index contributed by atoms with van der Waals surface area (Å²) in [7, 11) is 0. The zero-order valence-corrected chi connectivity index (χ0v) is 11.6. The fraction of sp³-hybridized carbons (Fsp3) is 0.692. The van der Waals surface area contributed by atoms with Crippen molar-refractivity contribution >= 4 is 11.9 Å². The van der Waals surface area contributed by atoms with Gasteiger partial charge in [-0.2, -0.15) is 10.5 Å². The molecule has 0 fully saturated rings. The second kappa shape index (κ2) is 7.38. The van der Waals surface area contributed by atoms with E-state index in [4.69, 9.17) is 20.0 Å². The number of rotatable bonds is 6. The molecule has 0 aromatic heterocycles. The van der Waals surface area contributed by atoms with Crippen molar-refractivity contribution in [2.24, 2.45) is 17.3 Å². The summed E-state index contributed by atoms with van der Waals surface area (Å²) in [6, 6.07) is 3.45. The van der Waals surface area contributed by atoms with Crippen LogP contribution in [0.3, 0.4) is 0 Å². The minimum atomic E-state index is -1.31. The Morgan fingerprint density at radius 1 is 1.11 bits per heavy atom. The minimum absolute atomic E-state index is 0.109. The van der Waals surface area contributed by atoms with Crippen LogP contribution in [0.15, 0.2) is 0 Å². The summed E-state index contributed by atoms with van der Waals surface area (Å²) in [4.78, 5) is 23.8. The Kier molecular flexibility index (Phi) is 6.57. The van der Waals surface area contributed by atoms with E-state index in [0.29, 0.717) is 0 Å². The molecule has 19 heavy (non-hydrogen) atoms. The molecule has 0 amide bonds. The molecule has 0 aliphatic heterocycles. The lowest BCUT2D eigenvalue weighted by atomic mass is 9.72. The number of nitriles is 2. The van der Waals surface area contributed by atoms with Gasteiger partial charge in [-0.05, 0) is 27.7 Å². The summed E-state index contributed by atoms with van der Waals surface area (Å²) in [5.41, 5.74) is -1.31. The third kappa shape index (κ3) is 3.96. The highest BCUT2D eigenvalue weighted by atomic mass is 16.5. The molecule has 0 aromatic rings. The Bertz CT molecular complexity index is 403. The van der Waals surface area contributed by atoms with E-state index in [1.54, 1.807) is 26.0 Å². The monoisotopic (exact) mass is 266 g/mol. The maximum atomic E-state index is 11.9. The van der Waals surface area contributed by atoms with Crippen LogP contribution in [0.4, 0.5) is 0 Å². The van der Waals surface area contributed by atoms with Gasteiger partial charge in [0.1, 0.15) is 11.8 Å². The lowest BCUT2D eigenvalue weighted by Gasteiger charge is -2.30. The van der Waals surface area contributed by atoms with E-state index in [1.165, 1.54) is 13.8 Å². The Labute approximate surface area is 112 Å². The number of carbonyl (C=O) groups excluding carboxylic acids is 2. The van der Waals surface area contributed by atoms with Gasteiger partial charge >= 0.3 is 11.9 Å². The van der Waals surface area contributed by atoms with Crippen molar-refractivity contribution in [3.05, 3.63) is 0 Å². The molecule has 1 atom stereocenters. The molecule has 0 radical (unpaired) electrons. The molecular formula is C13H18N2O4. The quantitative estimate of drug-likeness (QED) is 0.674. The number of ether oxygens (including phenoxy) is 2. The van der Waals surface area contributed by atoms with Crippen LogP contribution in [-0.4, -0.2) is 25.2 Å². The van der Waals surface area contributed by atoms with Crippen molar-refractivity contribution < 1.29 is 19.1 Å². The van der Waals surface area contributed by atoms with E-state index >= 15 is 0 Å². The van der Waals surface area contributed by atoms with Gasteiger partial charge in [0, 0.05) is 0 Å². The molecule has 0 rings (SSSR count). The molecule has 104 valence electrons. The summed E-state index contributed by atoms with van der Waals surface area (Å²) < 4.78 is 9.74. The number of hydrogen-bond donors (Lipinski definition) is 0. The van der Waals surface area contributed by atoms with E-state index in [1.807, 2.05) is 0 Å². The maximum absolute atomic E-state index is 11.9. The van der Waals surface area contributed by atoms with Crippen molar-refractivity contribution in [3.8, 4) is 12.1 Å². The first-order valence-electron chi connectivity index (χ1n) is 5.99. The molecule has 0 heterocycles. The van der Waals surface area contributed by atoms with Gasteiger partial charge in [-0.3, -0.25) is 9.59 Å². The molecule has 0 saturated carbocycles. The highest BCUT2D eigenvalue weighted by molar-refractivity contribution is 5.85. The van der Waals surface area contributed by atoms with Gasteiger partial charge in [0.15, 0.2) is 0 Å². The highest BCUT2D eigenvalue weighted by Gasteiger charge is 2.48. The van der Waals surface area contributed by atoms with Gasteiger partial charge < -0.3 is 9.47 Å². The third-order valence-electron chi connectivity index (χ3n) is 2.73. The zero-order valence-electron chi connectivity index (χ0n) is 11.6. The SMILES string of the molecule is CCOC(=O)C(C(C#N)C#N)C(C)(C)C(=O)OCC. The molecule has 0 aromatic carbocycles. The van der Waals surface area contributed by atoms with Gasteiger partial charge in [-0.25, -0.2) is 0 Å². The first-order valence-corrected chi connectivity index (χ1v) is 5.99. The number of hydrogen-bond acceptors (Lipinski definition) is 6. The van der Waals surface area contributed by atoms with Gasteiger partial charge in [-0.1, -0.05) is 0 Å². The summed E-state index contributed by atoms with van der Waals surface area (Å²) in [6.45, 7) is 6.45. The summed E-state index contributed by atoms with van der Waals surface area (Å²) >= 11 is 0. The number of esters is 2. The molecule has 0 N–H and O–H groups in total. The van der Waals surface area contributed by atoms with Crippen LogP contribution in [0.1, 0.15) is 27.7 Å². The Hall–Kier alpha value is -2.08. The number of nitrogens with zero attached hydrogens (tertiary/aromatic N) is 2. The first kappa shape index (κ1) is 16.9. The van der Waals surface area contributed by atoms with E-state index < -0.39 is 29.2 Å². The zero-order chi connectivity index (χ0) is 15.1. The molecule has 0 spiro atoms. The lowest BCUT2D eigenvalue weighted by Crippen LogP contribution is -2.43. The standard InChI is InChI=1S/C13H18N2O4/c1-5-18-11(16)10(9(7-14)8-15)13(3,4)12(17)19-6-2/h9-10H,5-6H2,1-4H3. The fourth-order valence-corrected chi connectivity index (χ4v) is 1.70. The van der Waals surface area contributed by atoms with Gasteiger partial charge in [0.2, 0.25) is 0 Å². The van der Waals surface area contributed by atoms with E-state index in [9.17, 15) is 9.59 Å². The Morgan fingerprint density at radius 2 is 1.58 bits per heavy atom. The molecular weight excluding hydrogens is 248 g/mol. The van der Waals surface area contributed by atoms with Crippen LogP contribution < -0.4 is 0 Å². The van der Waals surface area contributed by atoms with Gasteiger partial charge in [0.25, 0.3) is 0 Å². The molecule has 1 unspecified atom stereocenters. The molecule has 6 nitrogen and oxygen atoms in total. The smallest absolute Gasteiger partial charge is 0.312 e. The molecule has 0 aliphatic carbocycles. The average molecular weight is 266 g/mol. The van der Waals surface area contributed by atoms with Crippen molar-refractivity contribution in [1.29, 1.82) is 10.5 Å². The lowest BCUT2D eigenvalue weighted by molar-refractivity contribution is -0.168. The predicted molar refractivity (Wildman–Crippen MR) is 65.3 cm³/mol. The van der Waals surface area contributed by atoms with Crippen LogP contribution in [0.2, 0.25) is 0 Å². The molecule has 0 bridgehead atoms. The first-order chi connectivity index (χ1) is 8.86. The largest absolute Gasteiger partial charge is 0.466 e. The van der Waals surface area contributed by atoms with Gasteiger partial charge in [0.05, 0.1) is 30.8 Å². The average Bonchev–Trinajstić information content (AvgIpc) is 2.35. The van der Waals surface area contributed by atoms with Crippen molar-refractivity contribution in [2.45, 2.75) is 27.7 Å². The highest BCUT2D eigenvalue weighted by Crippen LogP contribution is 2.35. The Balaban J connectivity index is 5.47. The van der Waals surface area contributed by atoms with Crippen molar-refractivity contribution in [3.63, 3.8) is 0 Å². The van der Waals surface area contributed by atoms with Crippen molar-refractivity contribution in [2.75, 3.05) is 13.2 Å². The summed E-state index contributed by atoms with van der Waals surface area (Å²) in [6.07, 6.45) is 0. The van der Waals surface area contributed by atoms with Crippen molar-refractivity contribution in [1.82, 2.24) is 0 Å². The fourth-order valence-electron chi connectivity index (χ4n) is 1.70. The van der Waals surface area contributed by atoms with Crippen LogP contribution >= 0.6 is 0 Å². The summed E-state index contributed by atoms with van der Waals surface area (Å²) in [5.74, 6) is -3.82. The summed E-state index contributed by atoms with van der Waals surface area (Å²) in [5, 5.41) is 17.9. The van der Waals surface area contributed by atoms with Crippen LogP contribution in [0.5, 0.6) is 0 Å². The minimum Gasteiger partial charge on any atom is -0.466 e. The molecule has 0 saturated heterocycles. The van der Waals surface area contributed by atoms with Crippen LogP contribution in [0.25, 0.3) is 0 Å². The maximum Gasteiger partial charge on any atom is 0.312 e. The molecule has 0 aliphatic rings. The van der Waals surface area contributed by atoms with Crippen LogP contribution in [0, 0.1) is 39.9 Å². The molecule has 6 heteroatoms. The third-order valence-corrected chi connectivity index (χ3v) is 2.73. The second-order valence-electron chi connectivity index (χ2n) is 4.41. The van der Waals surface area contributed by atoms with Crippen LogP contribution in [-0.2, 0) is 19.1 Å². The topological polar surface area (TPSA) is 100 Å². The van der Waals surface area contributed by atoms with E-state index in [0.717, 1.165) is 0 Å². The van der Waals surface area contributed by atoms with Gasteiger partial charge in [-0.15, -0.1) is 0 Å². The number of carbonyl (C=O) groups is 2.